The first-order chi connectivity index (χ1) is 15.6. The Bertz CT molecular complexity index is 1380. The number of sulfone groups is 1. The lowest BCUT2D eigenvalue weighted by Crippen LogP contribution is -2.51. The largest absolute Gasteiger partial charge is 0.354 e. The molecule has 0 saturated carbocycles. The Hall–Kier alpha value is -2.55. The number of benzene rings is 2. The second-order valence-electron chi connectivity index (χ2n) is 8.61. The van der Waals surface area contributed by atoms with Crippen LogP contribution in [0.3, 0.4) is 0 Å². The average Bonchev–Trinajstić information content (AvgIpc) is 3.41. The van der Waals surface area contributed by atoms with Crippen LogP contribution in [0.25, 0.3) is 31.7 Å². The minimum absolute atomic E-state index is 0.171. The second-order valence-corrected chi connectivity index (χ2v) is 11.9. The number of piperazine rings is 1. The number of thiazole rings is 1. The van der Waals surface area contributed by atoms with Gasteiger partial charge in [0.15, 0.2) is 9.84 Å². The van der Waals surface area contributed by atoms with Crippen molar-refractivity contribution in [3.63, 3.8) is 0 Å². The molecule has 2 aromatic carbocycles. The Morgan fingerprint density at radius 2 is 1.66 bits per heavy atom. The van der Waals surface area contributed by atoms with E-state index in [4.69, 9.17) is 9.97 Å². The van der Waals surface area contributed by atoms with E-state index < -0.39 is 9.84 Å². The van der Waals surface area contributed by atoms with Crippen LogP contribution in [-0.4, -0.2) is 67.0 Å². The van der Waals surface area contributed by atoms with E-state index in [-0.39, 0.29) is 6.04 Å². The standard InChI is InChI=1S/C24H24N4O2S2/c29-32(30)14-9-17(16-32)27-10-12-28(13-11-27)23-15-19(18-5-1-2-6-20(18)25-23)24-26-21-7-3-4-8-22(21)31-24/h1-8,15,17H,9-14,16H2/t17-/m1/s1. The molecule has 0 unspecified atom stereocenters. The summed E-state index contributed by atoms with van der Waals surface area (Å²) in [5.74, 6) is 1.61. The fraction of sp³-hybridized carbons (Fsp3) is 0.333. The number of rotatable bonds is 3. The summed E-state index contributed by atoms with van der Waals surface area (Å²) in [4.78, 5) is 14.5. The van der Waals surface area contributed by atoms with Gasteiger partial charge < -0.3 is 4.90 Å². The van der Waals surface area contributed by atoms with E-state index in [1.807, 2.05) is 12.1 Å². The molecule has 6 rings (SSSR count). The van der Waals surface area contributed by atoms with Gasteiger partial charge in [0.25, 0.3) is 0 Å². The Labute approximate surface area is 191 Å². The maximum atomic E-state index is 11.9. The number of hydrogen-bond donors (Lipinski definition) is 0. The van der Waals surface area contributed by atoms with Crippen molar-refractivity contribution in [2.45, 2.75) is 12.5 Å². The number of hydrogen-bond acceptors (Lipinski definition) is 7. The van der Waals surface area contributed by atoms with Crippen molar-refractivity contribution in [1.82, 2.24) is 14.9 Å². The molecule has 6 nitrogen and oxygen atoms in total. The van der Waals surface area contributed by atoms with Gasteiger partial charge >= 0.3 is 0 Å². The third kappa shape index (κ3) is 3.66. The van der Waals surface area contributed by atoms with E-state index in [1.54, 1.807) is 11.3 Å². The number of para-hydroxylation sites is 2. The predicted octanol–water partition coefficient (Wildman–Crippen LogP) is 3.82. The van der Waals surface area contributed by atoms with Gasteiger partial charge in [-0.15, -0.1) is 11.3 Å². The average molecular weight is 465 g/mol. The van der Waals surface area contributed by atoms with Crippen LogP contribution >= 0.6 is 11.3 Å². The Kier molecular flexibility index (Phi) is 4.89. The van der Waals surface area contributed by atoms with Crippen molar-refractivity contribution < 1.29 is 8.42 Å². The molecule has 8 heteroatoms. The number of anilines is 1. The summed E-state index contributed by atoms with van der Waals surface area (Å²) in [6.07, 6.45) is 0.762. The molecular weight excluding hydrogens is 440 g/mol. The number of nitrogens with zero attached hydrogens (tertiary/aromatic N) is 4. The number of pyridine rings is 1. The van der Waals surface area contributed by atoms with Crippen LogP contribution in [0.1, 0.15) is 6.42 Å². The predicted molar refractivity (Wildman–Crippen MR) is 131 cm³/mol. The minimum Gasteiger partial charge on any atom is -0.354 e. The molecule has 0 amide bonds. The van der Waals surface area contributed by atoms with E-state index in [2.05, 4.69) is 52.3 Å². The molecule has 1 atom stereocenters. The zero-order chi connectivity index (χ0) is 21.7. The molecule has 4 heterocycles. The van der Waals surface area contributed by atoms with Gasteiger partial charge in [-0.1, -0.05) is 30.3 Å². The molecule has 0 radical (unpaired) electrons. The maximum absolute atomic E-state index is 11.9. The molecule has 0 bridgehead atoms. The highest BCUT2D eigenvalue weighted by atomic mass is 32.2. The molecule has 2 aliphatic heterocycles. The summed E-state index contributed by atoms with van der Waals surface area (Å²) in [7, 11) is -2.86. The van der Waals surface area contributed by atoms with Crippen molar-refractivity contribution in [2.75, 3.05) is 42.6 Å². The van der Waals surface area contributed by atoms with Crippen molar-refractivity contribution in [2.24, 2.45) is 0 Å². The lowest BCUT2D eigenvalue weighted by atomic mass is 10.1. The third-order valence-electron chi connectivity index (χ3n) is 6.59. The molecule has 164 valence electrons. The summed E-state index contributed by atoms with van der Waals surface area (Å²) in [5, 5.41) is 2.13. The molecule has 0 aliphatic carbocycles. The van der Waals surface area contributed by atoms with Gasteiger partial charge in [-0.3, -0.25) is 4.90 Å². The monoisotopic (exact) mass is 464 g/mol. The zero-order valence-corrected chi connectivity index (χ0v) is 19.3. The van der Waals surface area contributed by atoms with Crippen LogP contribution in [0.15, 0.2) is 54.6 Å². The molecule has 2 aliphatic rings. The number of aromatic nitrogens is 2. The van der Waals surface area contributed by atoms with Crippen LogP contribution in [0.5, 0.6) is 0 Å². The van der Waals surface area contributed by atoms with E-state index in [0.29, 0.717) is 11.5 Å². The van der Waals surface area contributed by atoms with Gasteiger partial charge in [-0.2, -0.15) is 0 Å². The Balaban J connectivity index is 1.32. The summed E-state index contributed by atoms with van der Waals surface area (Å²) >= 11 is 1.72. The minimum atomic E-state index is -2.86. The molecule has 4 aromatic rings. The van der Waals surface area contributed by atoms with Crippen LogP contribution in [0.4, 0.5) is 5.82 Å². The highest BCUT2D eigenvalue weighted by molar-refractivity contribution is 7.91. The molecule has 2 aromatic heterocycles. The van der Waals surface area contributed by atoms with E-state index in [9.17, 15) is 8.42 Å². The summed E-state index contributed by atoms with van der Waals surface area (Å²) in [6.45, 7) is 3.43. The molecule has 2 saturated heterocycles. The van der Waals surface area contributed by atoms with Gasteiger partial charge in [0, 0.05) is 43.2 Å². The van der Waals surface area contributed by atoms with E-state index in [0.717, 1.165) is 65.4 Å². The van der Waals surface area contributed by atoms with E-state index >= 15 is 0 Å². The van der Waals surface area contributed by atoms with Gasteiger partial charge in [0.1, 0.15) is 10.8 Å². The van der Waals surface area contributed by atoms with Crippen molar-refractivity contribution in [3.05, 3.63) is 54.6 Å². The first-order valence-corrected chi connectivity index (χ1v) is 13.6. The highest BCUT2D eigenvalue weighted by Crippen LogP contribution is 2.36. The Morgan fingerprint density at radius 1 is 0.906 bits per heavy atom. The van der Waals surface area contributed by atoms with Crippen LogP contribution in [0.2, 0.25) is 0 Å². The molecular formula is C24H24N4O2S2. The molecule has 0 N–H and O–H groups in total. The maximum Gasteiger partial charge on any atom is 0.151 e. The lowest BCUT2D eigenvalue weighted by molar-refractivity contribution is 0.200. The first-order valence-electron chi connectivity index (χ1n) is 11.0. The van der Waals surface area contributed by atoms with Crippen molar-refractivity contribution in [3.8, 4) is 10.6 Å². The fourth-order valence-corrected chi connectivity index (χ4v) is 7.62. The molecule has 0 spiro atoms. The quantitative estimate of drug-likeness (QED) is 0.459. The zero-order valence-electron chi connectivity index (χ0n) is 17.6. The Morgan fingerprint density at radius 3 is 2.41 bits per heavy atom. The fourth-order valence-electron chi connectivity index (χ4n) is 4.87. The van der Waals surface area contributed by atoms with Crippen molar-refractivity contribution in [1.29, 1.82) is 0 Å². The highest BCUT2D eigenvalue weighted by Gasteiger charge is 2.34. The smallest absolute Gasteiger partial charge is 0.151 e. The summed E-state index contributed by atoms with van der Waals surface area (Å²) < 4.78 is 24.9. The molecule has 2 fully saturated rings. The second kappa shape index (κ2) is 7.79. The van der Waals surface area contributed by atoms with Gasteiger partial charge in [0.2, 0.25) is 0 Å². The van der Waals surface area contributed by atoms with Gasteiger partial charge in [0.05, 0.1) is 27.2 Å². The summed E-state index contributed by atoms with van der Waals surface area (Å²) in [6, 6.07) is 18.9. The van der Waals surface area contributed by atoms with Crippen LogP contribution in [-0.2, 0) is 9.84 Å². The van der Waals surface area contributed by atoms with Crippen LogP contribution in [0, 0.1) is 0 Å². The van der Waals surface area contributed by atoms with Gasteiger partial charge in [-0.05, 0) is 30.7 Å². The lowest BCUT2D eigenvalue weighted by Gasteiger charge is -2.38. The van der Waals surface area contributed by atoms with Gasteiger partial charge in [-0.25, -0.2) is 18.4 Å². The SMILES string of the molecule is O=S1(=O)CC[C@@H](N2CCN(c3cc(-c4nc5ccccc5s4)c4ccccc4n3)CC2)C1. The normalized spacial score (nSPS) is 21.5. The molecule has 32 heavy (non-hydrogen) atoms. The van der Waals surface area contributed by atoms with Crippen LogP contribution < -0.4 is 4.90 Å². The topological polar surface area (TPSA) is 66.4 Å². The summed E-state index contributed by atoms with van der Waals surface area (Å²) in [5.41, 5.74) is 3.12. The number of fused-ring (bicyclic) bond motifs is 2. The van der Waals surface area contributed by atoms with Crippen molar-refractivity contribution >= 4 is 48.1 Å². The third-order valence-corrected chi connectivity index (χ3v) is 9.41. The van der Waals surface area contributed by atoms with E-state index in [1.165, 1.54) is 4.70 Å². The first kappa shape index (κ1) is 20.1.